The van der Waals surface area contributed by atoms with Crippen molar-refractivity contribution in [1.29, 1.82) is 0 Å². The van der Waals surface area contributed by atoms with E-state index in [0.29, 0.717) is 25.7 Å². The third-order valence-corrected chi connectivity index (χ3v) is 9.82. The van der Waals surface area contributed by atoms with Crippen LogP contribution in [0.25, 0.3) is 0 Å². The number of carbonyl (C=O) groups is 2. The van der Waals surface area contributed by atoms with Gasteiger partial charge in [0.15, 0.2) is 6.10 Å². The summed E-state index contributed by atoms with van der Waals surface area (Å²) in [6, 6.07) is 0. The topological polar surface area (TPSA) is 155 Å². The molecular weight excluding hydrogens is 753 g/mol. The number of phosphoric acid groups is 1. The fourth-order valence-electron chi connectivity index (χ4n) is 5.54. The number of allylic oxidation sites excluding steroid dienone is 12. The van der Waals surface area contributed by atoms with Crippen molar-refractivity contribution in [3.8, 4) is 0 Å². The lowest BCUT2D eigenvalue weighted by Gasteiger charge is -2.19. The van der Waals surface area contributed by atoms with Gasteiger partial charge in [-0.05, 0) is 77.0 Å². The van der Waals surface area contributed by atoms with Crippen LogP contribution < -0.4 is 5.73 Å². The van der Waals surface area contributed by atoms with Gasteiger partial charge in [-0.15, -0.1) is 0 Å². The maximum Gasteiger partial charge on any atom is 0.472 e. The maximum absolute atomic E-state index is 12.6. The number of aliphatic hydroxyl groups is 1. The van der Waals surface area contributed by atoms with Gasteiger partial charge in [0.2, 0.25) is 0 Å². The van der Waals surface area contributed by atoms with Crippen LogP contribution in [0.2, 0.25) is 0 Å². The highest BCUT2D eigenvalue weighted by Gasteiger charge is 2.25. The molecule has 0 aliphatic carbocycles. The normalized spacial score (nSPS) is 14.6. The minimum Gasteiger partial charge on any atom is -0.462 e. The summed E-state index contributed by atoms with van der Waals surface area (Å²) in [5.41, 5.74) is 5.34. The van der Waals surface area contributed by atoms with Crippen molar-refractivity contribution in [2.24, 2.45) is 5.73 Å². The average Bonchev–Trinajstić information content (AvgIpc) is 3.21. The molecule has 0 fully saturated rings. The molecule has 2 unspecified atom stereocenters. The summed E-state index contributed by atoms with van der Waals surface area (Å²) >= 11 is 0. The Morgan fingerprint density at radius 3 is 1.78 bits per heavy atom. The van der Waals surface area contributed by atoms with E-state index in [9.17, 15) is 24.2 Å². The Hall–Kier alpha value is -2.85. The number of ether oxygens (including phenoxy) is 2. The minimum atomic E-state index is -4.41. The lowest BCUT2D eigenvalue weighted by Crippen LogP contribution is -2.29. The molecule has 0 spiro atoms. The third kappa shape index (κ3) is 41.3. The van der Waals surface area contributed by atoms with E-state index >= 15 is 0 Å². The fraction of sp³-hybridized carbons (Fsp3) is 0.660. The number of rotatable bonds is 40. The van der Waals surface area contributed by atoms with E-state index in [1.807, 2.05) is 55.5 Å². The summed E-state index contributed by atoms with van der Waals surface area (Å²) in [7, 11) is -4.41. The Morgan fingerprint density at radius 2 is 1.16 bits per heavy atom. The molecule has 0 aliphatic rings. The zero-order chi connectivity index (χ0) is 42.6. The highest BCUT2D eigenvalue weighted by molar-refractivity contribution is 7.47. The molecule has 0 aliphatic heterocycles. The summed E-state index contributed by atoms with van der Waals surface area (Å²) in [5, 5.41) is 9.76. The van der Waals surface area contributed by atoms with Crippen molar-refractivity contribution in [3.63, 3.8) is 0 Å². The molecule has 3 atom stereocenters. The molecule has 0 bridgehead atoms. The van der Waals surface area contributed by atoms with Crippen LogP contribution in [-0.2, 0) is 32.7 Å². The number of carbonyl (C=O) groups excluding carboxylic acids is 2. The number of nitrogens with two attached hydrogens (primary N) is 1. The van der Waals surface area contributed by atoms with Crippen LogP contribution in [0.5, 0.6) is 0 Å². The minimum absolute atomic E-state index is 0.0323. The second kappa shape index (κ2) is 42.3. The van der Waals surface area contributed by atoms with Crippen LogP contribution in [0.3, 0.4) is 0 Å². The summed E-state index contributed by atoms with van der Waals surface area (Å²) in [6.07, 6.45) is 49.6. The molecule has 0 rings (SSSR count). The molecule has 11 heteroatoms. The second-order valence-electron chi connectivity index (χ2n) is 14.4. The first kappa shape index (κ1) is 55.2. The maximum atomic E-state index is 12.6. The molecule has 0 amide bonds. The van der Waals surface area contributed by atoms with Crippen molar-refractivity contribution in [3.05, 3.63) is 85.1 Å². The Labute approximate surface area is 352 Å². The zero-order valence-corrected chi connectivity index (χ0v) is 37.0. The Kier molecular flexibility index (Phi) is 40.2. The van der Waals surface area contributed by atoms with Gasteiger partial charge in [-0.2, -0.15) is 0 Å². The first-order valence-electron chi connectivity index (χ1n) is 22.2. The van der Waals surface area contributed by atoms with Crippen LogP contribution in [0.4, 0.5) is 0 Å². The standard InChI is InChI=1S/C47H80NO9P/c1-3-5-7-8-9-10-11-12-13-14-15-16-17-18-22-25-28-31-34-38-46(50)54-42-45(43-56-58(52,53)55-41-40-48)57-47(51)39-35-32-29-26-23-20-19-21-24-27-30-33-37-44(49)36-6-4-2/h6,9-10,12-13,19-20,24,26-27,29-30,33,36,44-45,49H,3-5,7-8,11,14-18,21-23,25,28,31-32,34-35,37-43,48H2,1-2H3,(H,52,53)/b10-9-,13-12-,20-19-,27-24-,29-26-,33-30+,36-6-/t44?,45-/m1/s1. The Bertz CT molecular complexity index is 1240. The van der Waals surface area contributed by atoms with Gasteiger partial charge in [0, 0.05) is 19.4 Å². The van der Waals surface area contributed by atoms with Gasteiger partial charge >= 0.3 is 19.8 Å². The van der Waals surface area contributed by atoms with Crippen LogP contribution in [0.1, 0.15) is 162 Å². The van der Waals surface area contributed by atoms with Crippen molar-refractivity contribution in [2.75, 3.05) is 26.4 Å². The molecule has 0 radical (unpaired) electrons. The lowest BCUT2D eigenvalue weighted by atomic mass is 10.1. The smallest absolute Gasteiger partial charge is 0.462 e. The molecule has 0 heterocycles. The van der Waals surface area contributed by atoms with E-state index in [1.54, 1.807) is 0 Å². The van der Waals surface area contributed by atoms with Gasteiger partial charge in [-0.25, -0.2) is 4.57 Å². The molecule has 0 saturated carbocycles. The number of hydrogen-bond acceptors (Lipinski definition) is 9. The van der Waals surface area contributed by atoms with Crippen molar-refractivity contribution in [2.45, 2.75) is 174 Å². The van der Waals surface area contributed by atoms with Gasteiger partial charge < -0.3 is 25.2 Å². The van der Waals surface area contributed by atoms with E-state index < -0.39 is 38.6 Å². The number of phosphoric ester groups is 1. The number of aliphatic hydroxyl groups excluding tert-OH is 1. The highest BCUT2D eigenvalue weighted by atomic mass is 31.2. The van der Waals surface area contributed by atoms with Crippen molar-refractivity contribution >= 4 is 19.8 Å². The monoisotopic (exact) mass is 834 g/mol. The van der Waals surface area contributed by atoms with Crippen molar-refractivity contribution in [1.82, 2.24) is 0 Å². The summed E-state index contributed by atoms with van der Waals surface area (Å²) < 4.78 is 32.7. The Morgan fingerprint density at radius 1 is 0.621 bits per heavy atom. The van der Waals surface area contributed by atoms with E-state index in [2.05, 4.69) is 43.4 Å². The van der Waals surface area contributed by atoms with Crippen LogP contribution in [0.15, 0.2) is 85.1 Å². The average molecular weight is 834 g/mol. The summed E-state index contributed by atoms with van der Waals surface area (Å²) in [6.45, 7) is 3.37. The first-order valence-corrected chi connectivity index (χ1v) is 23.7. The fourth-order valence-corrected chi connectivity index (χ4v) is 6.31. The lowest BCUT2D eigenvalue weighted by molar-refractivity contribution is -0.161. The quantitative estimate of drug-likeness (QED) is 0.0179. The highest BCUT2D eigenvalue weighted by Crippen LogP contribution is 2.43. The molecule has 0 aromatic heterocycles. The van der Waals surface area contributed by atoms with E-state index in [1.165, 1.54) is 57.8 Å². The predicted molar refractivity (Wildman–Crippen MR) is 239 cm³/mol. The van der Waals surface area contributed by atoms with E-state index in [4.69, 9.17) is 24.3 Å². The second-order valence-corrected chi connectivity index (χ2v) is 15.8. The first-order chi connectivity index (χ1) is 28.2. The molecule has 0 aromatic rings. The van der Waals surface area contributed by atoms with Crippen LogP contribution in [-0.4, -0.2) is 60.5 Å². The number of hydrogen-bond donors (Lipinski definition) is 3. The molecule has 0 aromatic carbocycles. The summed E-state index contributed by atoms with van der Waals surface area (Å²) in [4.78, 5) is 34.9. The number of esters is 2. The largest absolute Gasteiger partial charge is 0.472 e. The van der Waals surface area contributed by atoms with E-state index in [-0.39, 0.29) is 32.6 Å². The zero-order valence-electron chi connectivity index (χ0n) is 36.1. The van der Waals surface area contributed by atoms with Crippen molar-refractivity contribution < 1.29 is 42.7 Å². The van der Waals surface area contributed by atoms with Gasteiger partial charge in [0.25, 0.3) is 0 Å². The van der Waals surface area contributed by atoms with E-state index in [0.717, 1.165) is 51.4 Å². The molecular formula is C47H80NO9P. The molecule has 4 N–H and O–H groups in total. The van der Waals surface area contributed by atoms with Crippen LogP contribution in [0, 0.1) is 0 Å². The molecule has 332 valence electrons. The van der Waals surface area contributed by atoms with Gasteiger partial charge in [-0.3, -0.25) is 18.6 Å². The number of unbranched alkanes of at least 4 members (excludes halogenated alkanes) is 13. The molecule has 0 saturated heterocycles. The van der Waals surface area contributed by atoms with Gasteiger partial charge in [-0.1, -0.05) is 157 Å². The summed E-state index contributed by atoms with van der Waals surface area (Å²) in [5.74, 6) is -0.932. The van der Waals surface area contributed by atoms with Gasteiger partial charge in [0.05, 0.1) is 19.3 Å². The third-order valence-electron chi connectivity index (χ3n) is 8.84. The van der Waals surface area contributed by atoms with Crippen LogP contribution >= 0.6 is 7.82 Å². The molecule has 58 heavy (non-hydrogen) atoms. The predicted octanol–water partition coefficient (Wildman–Crippen LogP) is 11.8. The Balaban J connectivity index is 4.27. The molecule has 10 nitrogen and oxygen atoms in total. The SMILES string of the molecule is CC/C=C\C(O)C/C=C/C=C\C/C=C\C/C=C\CCCC(=O)O[C@H](COC(=O)CCCCCCCCCCC/C=C\C/C=C\CCCCC)COP(=O)(O)OCCN. The van der Waals surface area contributed by atoms with Gasteiger partial charge in [0.1, 0.15) is 6.61 Å².